The number of benzene rings is 1. The predicted octanol–water partition coefficient (Wildman–Crippen LogP) is 4.38. The van der Waals surface area contributed by atoms with E-state index in [1.165, 1.54) is 6.92 Å². The van der Waals surface area contributed by atoms with Gasteiger partial charge in [-0.1, -0.05) is 6.07 Å². The highest BCUT2D eigenvalue weighted by atomic mass is 16.4. The summed E-state index contributed by atoms with van der Waals surface area (Å²) in [5.41, 5.74) is 2.79. The van der Waals surface area contributed by atoms with Crippen molar-refractivity contribution >= 4 is 16.7 Å². The average Bonchev–Trinajstić information content (AvgIpc) is 3.11. The molecule has 0 aliphatic carbocycles. The van der Waals surface area contributed by atoms with Crippen molar-refractivity contribution in [3.8, 4) is 17.3 Å². The minimum atomic E-state index is -0.574. The minimum absolute atomic E-state index is 0.0666. The van der Waals surface area contributed by atoms with Crippen molar-refractivity contribution in [2.24, 2.45) is 0 Å². The van der Waals surface area contributed by atoms with E-state index < -0.39 is 5.63 Å². The predicted molar refractivity (Wildman–Crippen MR) is 103 cm³/mol. The summed E-state index contributed by atoms with van der Waals surface area (Å²) in [6.07, 6.45) is 3.50. The van der Waals surface area contributed by atoms with Crippen molar-refractivity contribution in [1.29, 1.82) is 0 Å². The molecule has 0 radical (unpaired) electrons. The molecule has 6 nitrogen and oxygen atoms in total. The Bertz CT molecular complexity index is 1180. The van der Waals surface area contributed by atoms with Crippen LogP contribution in [0.1, 0.15) is 16.7 Å². The molecule has 136 valence electrons. The first kappa shape index (κ1) is 16.9. The number of nitrogens with one attached hydrogen (secondary N) is 1. The van der Waals surface area contributed by atoms with Gasteiger partial charge in [0.25, 0.3) is 0 Å². The fourth-order valence-electron chi connectivity index (χ4n) is 2.95. The van der Waals surface area contributed by atoms with Gasteiger partial charge in [-0.05, 0) is 49.7 Å². The Balaban J connectivity index is 1.66. The zero-order valence-electron chi connectivity index (χ0n) is 14.9. The second-order valence-electron chi connectivity index (χ2n) is 6.40. The molecule has 0 amide bonds. The quantitative estimate of drug-likeness (QED) is 0.560. The summed E-state index contributed by atoms with van der Waals surface area (Å²) in [5.74, 6) is 0.588. The molecule has 4 rings (SSSR count). The van der Waals surface area contributed by atoms with Gasteiger partial charge in [-0.15, -0.1) is 0 Å². The number of rotatable bonds is 4. The van der Waals surface area contributed by atoms with Gasteiger partial charge in [0, 0.05) is 29.9 Å². The Morgan fingerprint density at radius 1 is 1.11 bits per heavy atom. The van der Waals surface area contributed by atoms with Crippen molar-refractivity contribution in [1.82, 2.24) is 4.98 Å². The van der Waals surface area contributed by atoms with Gasteiger partial charge in [-0.25, -0.2) is 4.79 Å². The number of furan rings is 1. The van der Waals surface area contributed by atoms with Crippen molar-refractivity contribution in [3.05, 3.63) is 75.9 Å². The van der Waals surface area contributed by atoms with E-state index in [2.05, 4.69) is 10.3 Å². The smallest absolute Gasteiger partial charge is 0.343 e. The van der Waals surface area contributed by atoms with E-state index in [1.807, 2.05) is 36.4 Å². The normalized spacial score (nSPS) is 11.0. The van der Waals surface area contributed by atoms with Crippen LogP contribution in [0.5, 0.6) is 5.75 Å². The Labute approximate surface area is 155 Å². The maximum Gasteiger partial charge on any atom is 0.343 e. The third-order valence-corrected chi connectivity index (χ3v) is 4.51. The Morgan fingerprint density at radius 3 is 2.74 bits per heavy atom. The molecular formula is C21H18N2O4. The Hall–Kier alpha value is -3.54. The first-order valence-electron chi connectivity index (χ1n) is 8.53. The molecule has 6 heteroatoms. The zero-order chi connectivity index (χ0) is 19.0. The third-order valence-electron chi connectivity index (χ3n) is 4.51. The lowest BCUT2D eigenvalue weighted by atomic mass is 10.1. The summed E-state index contributed by atoms with van der Waals surface area (Å²) in [4.78, 5) is 16.0. The highest BCUT2D eigenvalue weighted by molar-refractivity contribution is 5.83. The van der Waals surface area contributed by atoms with E-state index in [0.717, 1.165) is 16.6 Å². The van der Waals surface area contributed by atoms with Crippen LogP contribution in [0.25, 0.3) is 22.5 Å². The molecule has 0 unspecified atom stereocenters. The molecule has 0 fully saturated rings. The van der Waals surface area contributed by atoms with Crippen molar-refractivity contribution in [3.63, 3.8) is 0 Å². The lowest BCUT2D eigenvalue weighted by Crippen LogP contribution is -2.05. The molecule has 0 bridgehead atoms. The molecule has 0 atom stereocenters. The van der Waals surface area contributed by atoms with Crippen LogP contribution in [0.15, 0.2) is 62.4 Å². The Kier molecular flexibility index (Phi) is 4.16. The largest absolute Gasteiger partial charge is 0.507 e. The molecule has 2 N–H and O–H groups in total. The molecule has 0 spiro atoms. The molecule has 3 heterocycles. The van der Waals surface area contributed by atoms with E-state index >= 15 is 0 Å². The first-order chi connectivity index (χ1) is 13.0. The molecule has 3 aromatic heterocycles. The number of fused-ring (bicyclic) bond motifs is 1. The SMILES string of the molecule is Cc1c(-c2cc3cc(CNc4cccnc4)ccc3o2)oc(=O)c(C)c1O. The van der Waals surface area contributed by atoms with E-state index in [1.54, 1.807) is 19.3 Å². The number of nitrogens with zero attached hydrogens (tertiary/aromatic N) is 1. The molecule has 0 saturated carbocycles. The van der Waals surface area contributed by atoms with Gasteiger partial charge in [0.15, 0.2) is 11.5 Å². The lowest BCUT2D eigenvalue weighted by Gasteiger charge is -2.05. The highest BCUT2D eigenvalue weighted by Crippen LogP contribution is 2.33. The summed E-state index contributed by atoms with van der Waals surface area (Å²) in [5, 5.41) is 14.3. The molecule has 0 aliphatic heterocycles. The van der Waals surface area contributed by atoms with E-state index in [-0.39, 0.29) is 17.1 Å². The maximum atomic E-state index is 11.9. The summed E-state index contributed by atoms with van der Waals surface area (Å²) in [6.45, 7) is 3.86. The number of anilines is 1. The van der Waals surface area contributed by atoms with Crippen LogP contribution in [-0.4, -0.2) is 10.1 Å². The second-order valence-corrected chi connectivity index (χ2v) is 6.40. The van der Waals surface area contributed by atoms with Crippen molar-refractivity contribution in [2.75, 3.05) is 5.32 Å². The van der Waals surface area contributed by atoms with Gasteiger partial charge >= 0.3 is 5.63 Å². The number of hydrogen-bond donors (Lipinski definition) is 2. The third kappa shape index (κ3) is 3.17. The maximum absolute atomic E-state index is 11.9. The lowest BCUT2D eigenvalue weighted by molar-refractivity contribution is 0.433. The summed E-state index contributed by atoms with van der Waals surface area (Å²) >= 11 is 0. The van der Waals surface area contributed by atoms with Crippen LogP contribution >= 0.6 is 0 Å². The van der Waals surface area contributed by atoms with Crippen LogP contribution < -0.4 is 10.9 Å². The number of aromatic nitrogens is 1. The van der Waals surface area contributed by atoms with Crippen LogP contribution in [-0.2, 0) is 6.54 Å². The van der Waals surface area contributed by atoms with Gasteiger partial charge in [0.2, 0.25) is 0 Å². The van der Waals surface area contributed by atoms with Gasteiger partial charge < -0.3 is 19.3 Å². The fraction of sp³-hybridized carbons (Fsp3) is 0.143. The minimum Gasteiger partial charge on any atom is -0.507 e. The second kappa shape index (κ2) is 6.64. The van der Waals surface area contributed by atoms with Gasteiger partial charge in [-0.3, -0.25) is 4.98 Å². The van der Waals surface area contributed by atoms with Crippen LogP contribution in [0.2, 0.25) is 0 Å². The number of pyridine rings is 1. The molecule has 4 aromatic rings. The van der Waals surface area contributed by atoms with Crippen molar-refractivity contribution in [2.45, 2.75) is 20.4 Å². The molecule has 27 heavy (non-hydrogen) atoms. The number of aromatic hydroxyl groups is 1. The summed E-state index contributed by atoms with van der Waals surface area (Å²) in [6, 6.07) is 11.5. The van der Waals surface area contributed by atoms with Crippen LogP contribution in [0, 0.1) is 13.8 Å². The van der Waals surface area contributed by atoms with Gasteiger partial charge in [0.1, 0.15) is 11.3 Å². The van der Waals surface area contributed by atoms with Crippen LogP contribution in [0.3, 0.4) is 0 Å². The summed E-state index contributed by atoms with van der Waals surface area (Å²) < 4.78 is 11.2. The molecular weight excluding hydrogens is 344 g/mol. The Morgan fingerprint density at radius 2 is 1.96 bits per heavy atom. The van der Waals surface area contributed by atoms with E-state index in [4.69, 9.17) is 8.83 Å². The van der Waals surface area contributed by atoms with E-state index in [9.17, 15) is 9.90 Å². The zero-order valence-corrected chi connectivity index (χ0v) is 14.9. The standard InChI is InChI=1S/C21H18N2O4/c1-12-19(24)13(2)21(25)27-20(12)18-9-15-8-14(5-6-17(15)26-18)10-23-16-4-3-7-22-11-16/h3-9,11,23-24H,10H2,1-2H3. The fourth-order valence-corrected chi connectivity index (χ4v) is 2.95. The van der Waals surface area contributed by atoms with Gasteiger partial charge in [0.05, 0.1) is 11.3 Å². The van der Waals surface area contributed by atoms with Gasteiger partial charge in [-0.2, -0.15) is 0 Å². The van der Waals surface area contributed by atoms with Crippen LogP contribution in [0.4, 0.5) is 5.69 Å². The monoisotopic (exact) mass is 362 g/mol. The number of hydrogen-bond acceptors (Lipinski definition) is 6. The molecule has 0 saturated heterocycles. The summed E-state index contributed by atoms with van der Waals surface area (Å²) in [7, 11) is 0. The average molecular weight is 362 g/mol. The highest BCUT2D eigenvalue weighted by Gasteiger charge is 2.18. The molecule has 1 aromatic carbocycles. The topological polar surface area (TPSA) is 88.5 Å². The molecule has 0 aliphatic rings. The van der Waals surface area contributed by atoms with Crippen molar-refractivity contribution < 1.29 is 13.9 Å². The van der Waals surface area contributed by atoms with E-state index in [0.29, 0.717) is 23.5 Å². The first-order valence-corrected chi connectivity index (χ1v) is 8.53.